The van der Waals surface area contributed by atoms with Crippen molar-refractivity contribution in [3.8, 4) is 5.75 Å². The number of methoxy groups -OCH3 is 1. The highest BCUT2D eigenvalue weighted by atomic mass is 19.1. The lowest BCUT2D eigenvalue weighted by Crippen LogP contribution is -2.34. The largest absolute Gasteiger partial charge is 0.494 e. The molecule has 1 aromatic rings. The minimum absolute atomic E-state index is 0.0843. The van der Waals surface area contributed by atoms with Gasteiger partial charge >= 0.3 is 5.97 Å². The number of carbonyl (C=O) groups is 2. The zero-order valence-electron chi connectivity index (χ0n) is 12.7. The molecule has 1 saturated carbocycles. The molecule has 1 fully saturated rings. The second-order valence-corrected chi connectivity index (χ2v) is 5.65. The third-order valence-corrected chi connectivity index (χ3v) is 4.18. The van der Waals surface area contributed by atoms with Crippen LogP contribution in [0.25, 0.3) is 0 Å². The molecule has 1 aliphatic carbocycles. The average Bonchev–Trinajstić information content (AvgIpc) is 2.96. The van der Waals surface area contributed by atoms with Gasteiger partial charge in [-0.1, -0.05) is 12.8 Å². The molecule has 0 aromatic heterocycles. The summed E-state index contributed by atoms with van der Waals surface area (Å²) in [4.78, 5) is 23.7. The van der Waals surface area contributed by atoms with E-state index in [0.29, 0.717) is 5.56 Å². The first-order chi connectivity index (χ1) is 10.4. The summed E-state index contributed by atoms with van der Waals surface area (Å²) < 4.78 is 18.6. The Morgan fingerprint density at radius 1 is 1.36 bits per heavy atom. The maximum absolute atomic E-state index is 13.7. The molecule has 0 radical (unpaired) electrons. The van der Waals surface area contributed by atoms with Crippen LogP contribution in [-0.4, -0.2) is 24.1 Å². The van der Waals surface area contributed by atoms with Crippen molar-refractivity contribution in [2.45, 2.75) is 32.6 Å². The summed E-state index contributed by atoms with van der Waals surface area (Å²) in [6.45, 7) is 1.70. The van der Waals surface area contributed by atoms with Crippen molar-refractivity contribution in [1.29, 1.82) is 0 Å². The molecule has 1 aromatic carbocycles. The van der Waals surface area contributed by atoms with E-state index >= 15 is 0 Å². The highest BCUT2D eigenvalue weighted by Crippen LogP contribution is 2.33. The molecule has 1 amide bonds. The number of carboxylic acids is 1. The Labute approximate surface area is 128 Å². The molecule has 0 spiro atoms. The van der Waals surface area contributed by atoms with E-state index < -0.39 is 23.6 Å². The first-order valence-corrected chi connectivity index (χ1v) is 7.32. The molecule has 120 valence electrons. The van der Waals surface area contributed by atoms with E-state index in [9.17, 15) is 19.1 Å². The summed E-state index contributed by atoms with van der Waals surface area (Å²) in [5.74, 6) is -3.48. The second-order valence-electron chi connectivity index (χ2n) is 5.65. The Kier molecular flexibility index (Phi) is 5.00. The van der Waals surface area contributed by atoms with Crippen molar-refractivity contribution >= 4 is 17.6 Å². The van der Waals surface area contributed by atoms with Crippen LogP contribution in [0.2, 0.25) is 0 Å². The normalized spacial score (nSPS) is 16.3. The van der Waals surface area contributed by atoms with Crippen molar-refractivity contribution in [1.82, 2.24) is 0 Å². The van der Waals surface area contributed by atoms with Gasteiger partial charge in [-0.2, -0.15) is 0 Å². The highest BCUT2D eigenvalue weighted by Gasteiger charge is 2.36. The zero-order chi connectivity index (χ0) is 16.3. The molecule has 1 aliphatic rings. The van der Waals surface area contributed by atoms with E-state index in [4.69, 9.17) is 4.74 Å². The van der Waals surface area contributed by atoms with E-state index in [2.05, 4.69) is 5.32 Å². The first-order valence-electron chi connectivity index (χ1n) is 7.32. The van der Waals surface area contributed by atoms with Crippen LogP contribution in [0.15, 0.2) is 12.1 Å². The average molecular weight is 309 g/mol. The van der Waals surface area contributed by atoms with E-state index in [1.165, 1.54) is 13.2 Å². The van der Waals surface area contributed by atoms with Gasteiger partial charge < -0.3 is 15.2 Å². The minimum Gasteiger partial charge on any atom is -0.494 e. The number of benzene rings is 1. The SMILES string of the molecule is COc1cc(C)c(NC(=O)C(C(=O)O)C2CCCC2)cc1F. The van der Waals surface area contributed by atoms with Crippen LogP contribution in [0.5, 0.6) is 5.75 Å². The molecule has 6 heteroatoms. The van der Waals surface area contributed by atoms with Crippen LogP contribution >= 0.6 is 0 Å². The number of aryl methyl sites for hydroxylation is 1. The lowest BCUT2D eigenvalue weighted by molar-refractivity contribution is -0.147. The summed E-state index contributed by atoms with van der Waals surface area (Å²) >= 11 is 0. The molecule has 0 saturated heterocycles. The number of hydrogen-bond donors (Lipinski definition) is 2. The van der Waals surface area contributed by atoms with Crippen LogP contribution in [0, 0.1) is 24.6 Å². The van der Waals surface area contributed by atoms with E-state index in [1.807, 2.05) is 0 Å². The molecule has 2 N–H and O–H groups in total. The number of ether oxygens (including phenoxy) is 1. The number of carboxylic acid groups (broad SMARTS) is 1. The fraction of sp³-hybridized carbons (Fsp3) is 0.500. The molecule has 1 unspecified atom stereocenters. The van der Waals surface area contributed by atoms with Crippen molar-refractivity contribution in [3.05, 3.63) is 23.5 Å². The number of aliphatic carboxylic acids is 1. The van der Waals surface area contributed by atoms with Crippen LogP contribution in [0.4, 0.5) is 10.1 Å². The van der Waals surface area contributed by atoms with Gasteiger partial charge in [-0.15, -0.1) is 0 Å². The standard InChI is InChI=1S/C16H20FNO4/c1-9-7-13(22-2)11(17)8-12(9)18-15(19)14(16(20)21)10-5-3-4-6-10/h7-8,10,14H,3-6H2,1-2H3,(H,18,19)(H,20,21). The first kappa shape index (κ1) is 16.3. The maximum Gasteiger partial charge on any atom is 0.316 e. The molecule has 0 bridgehead atoms. The van der Waals surface area contributed by atoms with Crippen LogP contribution < -0.4 is 10.1 Å². The lowest BCUT2D eigenvalue weighted by Gasteiger charge is -2.19. The topological polar surface area (TPSA) is 75.6 Å². The monoisotopic (exact) mass is 309 g/mol. The van der Waals surface area contributed by atoms with E-state index in [1.54, 1.807) is 6.92 Å². The number of rotatable bonds is 5. The second kappa shape index (κ2) is 6.77. The predicted molar refractivity (Wildman–Crippen MR) is 79.4 cm³/mol. The van der Waals surface area contributed by atoms with Gasteiger partial charge in [0.1, 0.15) is 5.92 Å². The van der Waals surface area contributed by atoms with Gasteiger partial charge in [-0.05, 0) is 37.3 Å². The lowest BCUT2D eigenvalue weighted by atomic mass is 9.90. The molecule has 0 aliphatic heterocycles. The minimum atomic E-state index is -1.13. The quantitative estimate of drug-likeness (QED) is 0.820. The summed E-state index contributed by atoms with van der Waals surface area (Å²) in [6, 6.07) is 2.62. The zero-order valence-corrected chi connectivity index (χ0v) is 12.7. The van der Waals surface area contributed by atoms with Crippen LogP contribution in [0.3, 0.4) is 0 Å². The highest BCUT2D eigenvalue weighted by molar-refractivity contribution is 6.04. The molecular weight excluding hydrogens is 289 g/mol. The molecule has 0 heterocycles. The summed E-state index contributed by atoms with van der Waals surface area (Å²) in [5.41, 5.74) is 0.884. The summed E-state index contributed by atoms with van der Waals surface area (Å²) in [6.07, 6.45) is 3.36. The Morgan fingerprint density at radius 2 is 2.00 bits per heavy atom. The molecular formula is C16H20FNO4. The van der Waals surface area contributed by atoms with Gasteiger partial charge in [-0.3, -0.25) is 9.59 Å². The van der Waals surface area contributed by atoms with Crippen LogP contribution in [0.1, 0.15) is 31.2 Å². The molecule has 5 nitrogen and oxygen atoms in total. The number of halogens is 1. The molecule has 1 atom stereocenters. The van der Waals surface area contributed by atoms with Crippen molar-refractivity contribution < 1.29 is 23.8 Å². The molecule has 2 rings (SSSR count). The fourth-order valence-electron chi connectivity index (χ4n) is 2.98. The Bertz CT molecular complexity index is 582. The Hall–Kier alpha value is -2.11. The van der Waals surface area contributed by atoms with E-state index in [0.717, 1.165) is 31.7 Å². The van der Waals surface area contributed by atoms with E-state index in [-0.39, 0.29) is 17.4 Å². The third kappa shape index (κ3) is 3.37. The number of amides is 1. The third-order valence-electron chi connectivity index (χ3n) is 4.18. The fourth-order valence-corrected chi connectivity index (χ4v) is 2.98. The van der Waals surface area contributed by atoms with Crippen LogP contribution in [-0.2, 0) is 9.59 Å². The van der Waals surface area contributed by atoms with Gasteiger partial charge in [0.2, 0.25) is 5.91 Å². The maximum atomic E-state index is 13.7. The van der Waals surface area contributed by atoms with Crippen molar-refractivity contribution in [2.24, 2.45) is 11.8 Å². The van der Waals surface area contributed by atoms with Crippen molar-refractivity contribution in [3.63, 3.8) is 0 Å². The van der Waals surface area contributed by atoms with Gasteiger partial charge in [0.05, 0.1) is 7.11 Å². The number of carbonyl (C=O) groups excluding carboxylic acids is 1. The predicted octanol–water partition coefficient (Wildman–Crippen LogP) is 2.97. The van der Waals surface area contributed by atoms with Gasteiger partial charge in [-0.25, -0.2) is 4.39 Å². The van der Waals surface area contributed by atoms with Gasteiger partial charge in [0.25, 0.3) is 0 Å². The number of nitrogens with one attached hydrogen (secondary N) is 1. The Morgan fingerprint density at radius 3 is 2.55 bits per heavy atom. The summed E-state index contributed by atoms with van der Waals surface area (Å²) in [5, 5.41) is 11.9. The summed E-state index contributed by atoms with van der Waals surface area (Å²) in [7, 11) is 1.36. The Balaban J connectivity index is 2.19. The van der Waals surface area contributed by atoms with Gasteiger partial charge in [0, 0.05) is 11.8 Å². The smallest absolute Gasteiger partial charge is 0.316 e. The number of hydrogen-bond acceptors (Lipinski definition) is 3. The van der Waals surface area contributed by atoms with Gasteiger partial charge in [0.15, 0.2) is 11.6 Å². The van der Waals surface area contributed by atoms with Crippen molar-refractivity contribution in [2.75, 3.05) is 12.4 Å². The molecule has 22 heavy (non-hydrogen) atoms. The number of anilines is 1.